The van der Waals surface area contributed by atoms with Crippen molar-refractivity contribution in [2.75, 3.05) is 18.5 Å². The lowest BCUT2D eigenvalue weighted by Crippen LogP contribution is -2.29. The number of aromatic nitrogens is 2. The fraction of sp³-hybridized carbons (Fsp3) is 0.615. The van der Waals surface area contributed by atoms with Gasteiger partial charge in [-0.1, -0.05) is 13.8 Å². The van der Waals surface area contributed by atoms with Crippen LogP contribution in [0, 0.1) is 5.92 Å². The number of hydrogen-bond acceptors (Lipinski definition) is 4. The van der Waals surface area contributed by atoms with Crippen molar-refractivity contribution in [3.8, 4) is 0 Å². The van der Waals surface area contributed by atoms with E-state index in [4.69, 9.17) is 0 Å². The smallest absolute Gasteiger partial charge is 0.269 e. The van der Waals surface area contributed by atoms with Crippen LogP contribution in [0.5, 0.6) is 0 Å². The van der Waals surface area contributed by atoms with Gasteiger partial charge in [-0.2, -0.15) is 5.10 Å². The van der Waals surface area contributed by atoms with E-state index in [0.717, 1.165) is 18.7 Å². The van der Waals surface area contributed by atoms with E-state index in [1.165, 1.54) is 10.7 Å². The summed E-state index contributed by atoms with van der Waals surface area (Å²) in [7, 11) is 1.89. The first-order valence-corrected chi connectivity index (χ1v) is 6.30. The fourth-order valence-corrected chi connectivity index (χ4v) is 1.47. The number of nitrogens with zero attached hydrogens (tertiary/aromatic N) is 3. The lowest BCUT2D eigenvalue weighted by atomic mass is 10.0. The minimum atomic E-state index is -0.232. The molecule has 0 aliphatic heterocycles. The third-order valence-corrected chi connectivity index (χ3v) is 3.24. The van der Waals surface area contributed by atoms with Crippen LogP contribution in [0.2, 0.25) is 0 Å². The van der Waals surface area contributed by atoms with Gasteiger partial charge in [0.15, 0.2) is 5.78 Å². The second-order valence-electron chi connectivity index (χ2n) is 4.50. The molecule has 100 valence electrons. The molecule has 5 heteroatoms. The lowest BCUT2D eigenvalue weighted by Gasteiger charge is -2.16. The first-order valence-electron chi connectivity index (χ1n) is 6.30. The Morgan fingerprint density at radius 3 is 2.67 bits per heavy atom. The monoisotopic (exact) mass is 251 g/mol. The molecule has 0 saturated carbocycles. The molecule has 18 heavy (non-hydrogen) atoms. The standard InChI is InChI=1S/C13H21N3O2/c1-5-10(3)12(17)9-16-13(18)7-11(8-14-16)15(4)6-2/h7-8,10H,5-6,9H2,1-4H3. The van der Waals surface area contributed by atoms with E-state index in [2.05, 4.69) is 5.10 Å². The van der Waals surface area contributed by atoms with Crippen LogP contribution in [-0.4, -0.2) is 29.2 Å². The molecule has 0 N–H and O–H groups in total. The molecule has 1 rings (SSSR count). The molecule has 0 radical (unpaired) electrons. The third kappa shape index (κ3) is 3.42. The van der Waals surface area contributed by atoms with Crippen LogP contribution in [0.15, 0.2) is 17.1 Å². The molecule has 0 bridgehead atoms. The molecule has 0 spiro atoms. The van der Waals surface area contributed by atoms with E-state index in [1.807, 2.05) is 32.7 Å². The summed E-state index contributed by atoms with van der Waals surface area (Å²) in [5.74, 6) is 0.0142. The molecule has 5 nitrogen and oxygen atoms in total. The fourth-order valence-electron chi connectivity index (χ4n) is 1.47. The van der Waals surface area contributed by atoms with Gasteiger partial charge in [-0.25, -0.2) is 4.68 Å². The maximum Gasteiger partial charge on any atom is 0.269 e. The highest BCUT2D eigenvalue weighted by Gasteiger charge is 2.13. The minimum Gasteiger partial charge on any atom is -0.373 e. The second-order valence-corrected chi connectivity index (χ2v) is 4.50. The van der Waals surface area contributed by atoms with E-state index in [1.54, 1.807) is 6.20 Å². The number of carbonyl (C=O) groups is 1. The molecule has 1 heterocycles. The van der Waals surface area contributed by atoms with Gasteiger partial charge in [-0.15, -0.1) is 0 Å². The Morgan fingerprint density at radius 2 is 2.17 bits per heavy atom. The van der Waals surface area contributed by atoms with Crippen LogP contribution in [-0.2, 0) is 11.3 Å². The average molecular weight is 251 g/mol. The van der Waals surface area contributed by atoms with E-state index in [9.17, 15) is 9.59 Å². The summed E-state index contributed by atoms with van der Waals surface area (Å²) in [5, 5.41) is 4.05. The third-order valence-electron chi connectivity index (χ3n) is 3.24. The Morgan fingerprint density at radius 1 is 1.50 bits per heavy atom. The zero-order chi connectivity index (χ0) is 13.7. The zero-order valence-electron chi connectivity index (χ0n) is 11.5. The maximum atomic E-state index is 11.8. The normalized spacial score (nSPS) is 12.2. The first kappa shape index (κ1) is 14.4. The number of hydrogen-bond donors (Lipinski definition) is 0. The summed E-state index contributed by atoms with van der Waals surface area (Å²) in [6.45, 7) is 6.68. The van der Waals surface area contributed by atoms with Crippen LogP contribution in [0.3, 0.4) is 0 Å². The van der Waals surface area contributed by atoms with Crippen molar-refractivity contribution in [2.45, 2.75) is 33.7 Å². The highest BCUT2D eigenvalue weighted by molar-refractivity contribution is 5.80. The summed E-state index contributed by atoms with van der Waals surface area (Å²) >= 11 is 0. The van der Waals surface area contributed by atoms with Gasteiger partial charge in [0.05, 0.1) is 11.9 Å². The molecule has 0 amide bonds. The molecular formula is C13H21N3O2. The predicted octanol–water partition coefficient (Wildman–Crippen LogP) is 1.31. The van der Waals surface area contributed by atoms with Crippen molar-refractivity contribution in [1.29, 1.82) is 0 Å². The van der Waals surface area contributed by atoms with Gasteiger partial charge < -0.3 is 4.90 Å². The molecule has 0 aromatic carbocycles. The van der Waals surface area contributed by atoms with Crippen LogP contribution < -0.4 is 10.5 Å². The number of ketones is 1. The van der Waals surface area contributed by atoms with Gasteiger partial charge in [0, 0.05) is 25.6 Å². The number of rotatable bonds is 6. The van der Waals surface area contributed by atoms with E-state index < -0.39 is 0 Å². The molecule has 1 atom stereocenters. The quantitative estimate of drug-likeness (QED) is 0.765. The summed E-state index contributed by atoms with van der Waals surface area (Å²) < 4.78 is 1.22. The number of Topliss-reactive ketones (excluding diaryl/α,β-unsaturated/α-hetero) is 1. The number of anilines is 1. The summed E-state index contributed by atoms with van der Waals surface area (Å²) in [5.41, 5.74) is 0.541. The Kier molecular flexibility index (Phi) is 5.07. The van der Waals surface area contributed by atoms with Crippen molar-refractivity contribution in [1.82, 2.24) is 9.78 Å². The minimum absolute atomic E-state index is 0.0308. The second kappa shape index (κ2) is 6.33. The van der Waals surface area contributed by atoms with Gasteiger partial charge >= 0.3 is 0 Å². The highest BCUT2D eigenvalue weighted by Crippen LogP contribution is 2.07. The first-order chi connectivity index (χ1) is 8.49. The summed E-state index contributed by atoms with van der Waals surface area (Å²) in [4.78, 5) is 25.5. The molecule has 0 fully saturated rings. The van der Waals surface area contributed by atoms with Gasteiger partial charge in [-0.05, 0) is 13.3 Å². The summed E-state index contributed by atoms with van der Waals surface area (Å²) in [6, 6.07) is 1.51. The Bertz CT molecular complexity index is 468. The molecule has 0 aliphatic carbocycles. The van der Waals surface area contributed by atoms with Crippen LogP contribution in [0.4, 0.5) is 5.69 Å². The van der Waals surface area contributed by atoms with Crippen LogP contribution >= 0.6 is 0 Å². The van der Waals surface area contributed by atoms with Gasteiger partial charge in [0.2, 0.25) is 0 Å². The molecule has 1 aromatic heterocycles. The molecule has 0 saturated heterocycles. The van der Waals surface area contributed by atoms with Crippen molar-refractivity contribution >= 4 is 11.5 Å². The maximum absolute atomic E-state index is 11.8. The average Bonchev–Trinajstić information content (AvgIpc) is 2.38. The number of carbonyl (C=O) groups excluding carboxylic acids is 1. The van der Waals surface area contributed by atoms with Gasteiger partial charge in [0.25, 0.3) is 5.56 Å². The Hall–Kier alpha value is -1.65. The van der Waals surface area contributed by atoms with Crippen LogP contribution in [0.1, 0.15) is 27.2 Å². The molecule has 1 unspecified atom stereocenters. The molecular weight excluding hydrogens is 230 g/mol. The van der Waals surface area contributed by atoms with Gasteiger partial charge in [0.1, 0.15) is 6.54 Å². The Labute approximate surface area is 107 Å². The van der Waals surface area contributed by atoms with Crippen molar-refractivity contribution in [3.63, 3.8) is 0 Å². The van der Waals surface area contributed by atoms with Crippen molar-refractivity contribution < 1.29 is 4.79 Å². The predicted molar refractivity (Wildman–Crippen MR) is 71.9 cm³/mol. The van der Waals surface area contributed by atoms with Crippen molar-refractivity contribution in [2.24, 2.45) is 5.92 Å². The van der Waals surface area contributed by atoms with E-state index >= 15 is 0 Å². The zero-order valence-corrected chi connectivity index (χ0v) is 11.5. The van der Waals surface area contributed by atoms with E-state index in [-0.39, 0.29) is 23.8 Å². The lowest BCUT2D eigenvalue weighted by molar-refractivity contribution is -0.123. The van der Waals surface area contributed by atoms with E-state index in [0.29, 0.717) is 0 Å². The topological polar surface area (TPSA) is 55.2 Å². The molecule has 1 aromatic rings. The SMILES string of the molecule is CCC(C)C(=O)Cn1ncc(N(C)CC)cc1=O. The van der Waals surface area contributed by atoms with Crippen molar-refractivity contribution in [3.05, 3.63) is 22.6 Å². The molecule has 0 aliphatic rings. The summed E-state index contributed by atoms with van der Waals surface area (Å²) in [6.07, 6.45) is 2.40. The Balaban J connectivity index is 2.87. The van der Waals surface area contributed by atoms with Gasteiger partial charge in [-0.3, -0.25) is 9.59 Å². The van der Waals surface area contributed by atoms with Crippen LogP contribution in [0.25, 0.3) is 0 Å². The largest absolute Gasteiger partial charge is 0.373 e. The highest BCUT2D eigenvalue weighted by atomic mass is 16.1.